The number of pyridine rings is 1. The number of anilines is 1. The zero-order valence-electron chi connectivity index (χ0n) is 16.5. The monoisotopic (exact) mass is 417 g/mol. The maximum absolute atomic E-state index is 12.5. The third kappa shape index (κ3) is 4.16. The van der Waals surface area contributed by atoms with Gasteiger partial charge in [-0.2, -0.15) is 0 Å². The van der Waals surface area contributed by atoms with Crippen molar-refractivity contribution in [1.82, 2.24) is 9.97 Å². The van der Waals surface area contributed by atoms with Gasteiger partial charge in [-0.1, -0.05) is 17.4 Å². The van der Waals surface area contributed by atoms with Gasteiger partial charge in [0.05, 0.1) is 24.8 Å². The van der Waals surface area contributed by atoms with Gasteiger partial charge < -0.3 is 9.47 Å². The van der Waals surface area contributed by atoms with E-state index in [1.165, 1.54) is 11.3 Å². The lowest BCUT2D eigenvalue weighted by atomic mass is 10.1. The largest absolute Gasteiger partial charge is 0.497 e. The lowest BCUT2D eigenvalue weighted by molar-refractivity contribution is 0.102. The van der Waals surface area contributed by atoms with E-state index in [2.05, 4.69) is 10.3 Å². The summed E-state index contributed by atoms with van der Waals surface area (Å²) in [7, 11) is 3.27. The average molecular weight is 417 g/mol. The van der Waals surface area contributed by atoms with Crippen LogP contribution in [0.2, 0.25) is 0 Å². The first-order valence-corrected chi connectivity index (χ1v) is 10.0. The lowest BCUT2D eigenvalue weighted by Gasteiger charge is -2.05. The fourth-order valence-corrected chi connectivity index (χ4v) is 3.90. The summed E-state index contributed by atoms with van der Waals surface area (Å²) < 4.78 is 10.5. The molecule has 4 aromatic rings. The Balaban J connectivity index is 1.73. The highest BCUT2D eigenvalue weighted by molar-refractivity contribution is 7.19. The first kappa shape index (κ1) is 19.6. The van der Waals surface area contributed by atoms with Gasteiger partial charge in [0.2, 0.25) is 0 Å². The van der Waals surface area contributed by atoms with E-state index in [1.54, 1.807) is 38.6 Å². The molecule has 0 aliphatic carbocycles. The molecule has 0 aliphatic heterocycles. The van der Waals surface area contributed by atoms with Crippen LogP contribution in [-0.4, -0.2) is 30.1 Å². The second-order valence-corrected chi connectivity index (χ2v) is 7.32. The molecule has 0 radical (unpaired) electrons. The van der Waals surface area contributed by atoms with E-state index in [1.807, 2.05) is 48.5 Å². The number of hydrogen-bond acceptors (Lipinski definition) is 6. The van der Waals surface area contributed by atoms with Crippen LogP contribution in [0.4, 0.5) is 5.13 Å². The van der Waals surface area contributed by atoms with Crippen LogP contribution in [-0.2, 0) is 0 Å². The minimum Gasteiger partial charge on any atom is -0.497 e. The first-order valence-electron chi connectivity index (χ1n) is 9.20. The van der Waals surface area contributed by atoms with Crippen molar-refractivity contribution in [3.05, 3.63) is 78.6 Å². The molecule has 7 heteroatoms. The molecule has 6 nitrogen and oxygen atoms in total. The number of nitrogens with zero attached hydrogens (tertiary/aromatic N) is 2. The van der Waals surface area contributed by atoms with E-state index in [0.29, 0.717) is 10.8 Å². The summed E-state index contributed by atoms with van der Waals surface area (Å²) in [6.45, 7) is 0. The normalized spacial score (nSPS) is 10.5. The predicted octanol–water partition coefficient (Wildman–Crippen LogP) is 5.14. The summed E-state index contributed by atoms with van der Waals surface area (Å²) in [5, 5.41) is 3.36. The molecule has 4 rings (SSSR count). The number of hydrogen-bond donors (Lipinski definition) is 1. The number of methoxy groups -OCH3 is 2. The molecule has 0 atom stereocenters. The molecule has 2 aromatic heterocycles. The standard InChI is InChI=1S/C23H19N3O3S/c1-28-17-10-6-15(7-11-17)20-21(16-8-12-18(29-2)13-9-16)30-23(25-20)26-22(27)19-5-3-4-14-24-19/h3-14H,1-2H3,(H,25,26,27). The van der Waals surface area contributed by atoms with Gasteiger partial charge in [-0.25, -0.2) is 4.98 Å². The van der Waals surface area contributed by atoms with E-state index in [4.69, 9.17) is 14.5 Å². The summed E-state index contributed by atoms with van der Waals surface area (Å²) in [5.41, 5.74) is 3.03. The number of carbonyl (C=O) groups excluding carboxylic acids is 1. The van der Waals surface area contributed by atoms with E-state index < -0.39 is 0 Å². The average Bonchev–Trinajstić information content (AvgIpc) is 3.23. The van der Waals surface area contributed by atoms with Crippen LogP contribution in [0.5, 0.6) is 11.5 Å². The van der Waals surface area contributed by atoms with Crippen LogP contribution >= 0.6 is 11.3 Å². The fourth-order valence-electron chi connectivity index (χ4n) is 2.91. The molecule has 2 aromatic carbocycles. The number of rotatable bonds is 6. The lowest BCUT2D eigenvalue weighted by Crippen LogP contribution is -2.13. The Bertz CT molecular complexity index is 1080. The fraction of sp³-hybridized carbons (Fsp3) is 0.0870. The SMILES string of the molecule is COc1ccc(-c2nc(NC(=O)c3ccccn3)sc2-c2ccc(OC)cc2)cc1. The highest BCUT2D eigenvalue weighted by atomic mass is 32.1. The van der Waals surface area contributed by atoms with Crippen molar-refractivity contribution in [2.24, 2.45) is 0 Å². The van der Waals surface area contributed by atoms with Crippen LogP contribution < -0.4 is 14.8 Å². The molecule has 0 aliphatic rings. The number of nitrogens with one attached hydrogen (secondary N) is 1. The van der Waals surface area contributed by atoms with Crippen molar-refractivity contribution in [2.75, 3.05) is 19.5 Å². The van der Waals surface area contributed by atoms with Crippen LogP contribution in [0, 0.1) is 0 Å². The molecular weight excluding hydrogens is 398 g/mol. The number of carbonyl (C=O) groups is 1. The molecule has 30 heavy (non-hydrogen) atoms. The zero-order valence-corrected chi connectivity index (χ0v) is 17.3. The molecular formula is C23H19N3O3S. The smallest absolute Gasteiger partial charge is 0.276 e. The van der Waals surface area contributed by atoms with Gasteiger partial charge in [-0.15, -0.1) is 0 Å². The van der Waals surface area contributed by atoms with E-state index in [9.17, 15) is 4.79 Å². The van der Waals surface area contributed by atoms with Crippen molar-refractivity contribution in [1.29, 1.82) is 0 Å². The van der Waals surface area contributed by atoms with Gasteiger partial charge in [0, 0.05) is 11.8 Å². The Morgan fingerprint density at radius 2 is 1.50 bits per heavy atom. The molecule has 2 heterocycles. The van der Waals surface area contributed by atoms with E-state index in [-0.39, 0.29) is 5.91 Å². The van der Waals surface area contributed by atoms with Crippen LogP contribution in [0.15, 0.2) is 72.9 Å². The zero-order chi connectivity index (χ0) is 20.9. The van der Waals surface area contributed by atoms with Crippen molar-refractivity contribution >= 4 is 22.4 Å². The Morgan fingerprint density at radius 3 is 2.07 bits per heavy atom. The number of thiazole rings is 1. The second kappa shape index (κ2) is 8.75. The molecule has 0 bridgehead atoms. The first-order chi connectivity index (χ1) is 14.7. The Kier molecular flexibility index (Phi) is 5.72. The Hall–Kier alpha value is -3.71. The molecule has 0 unspecified atom stereocenters. The number of amides is 1. The number of aromatic nitrogens is 2. The van der Waals surface area contributed by atoms with Gasteiger partial charge in [0.15, 0.2) is 5.13 Å². The van der Waals surface area contributed by atoms with Gasteiger partial charge >= 0.3 is 0 Å². The van der Waals surface area contributed by atoms with Crippen LogP contribution in [0.25, 0.3) is 21.7 Å². The number of ether oxygens (including phenoxy) is 2. The summed E-state index contributed by atoms with van der Waals surface area (Å²) in [6.07, 6.45) is 1.59. The Labute approximate surface area is 178 Å². The van der Waals surface area contributed by atoms with Crippen molar-refractivity contribution in [3.63, 3.8) is 0 Å². The molecule has 0 saturated heterocycles. The number of benzene rings is 2. The minimum absolute atomic E-state index is 0.299. The van der Waals surface area contributed by atoms with E-state index >= 15 is 0 Å². The highest BCUT2D eigenvalue weighted by Crippen LogP contribution is 2.40. The minimum atomic E-state index is -0.299. The molecule has 0 fully saturated rings. The maximum atomic E-state index is 12.5. The van der Waals surface area contributed by atoms with Crippen LogP contribution in [0.3, 0.4) is 0 Å². The Morgan fingerprint density at radius 1 is 0.867 bits per heavy atom. The highest BCUT2D eigenvalue weighted by Gasteiger charge is 2.17. The van der Waals surface area contributed by atoms with Crippen LogP contribution in [0.1, 0.15) is 10.5 Å². The van der Waals surface area contributed by atoms with Gasteiger partial charge in [-0.3, -0.25) is 15.1 Å². The second-order valence-electron chi connectivity index (χ2n) is 6.32. The predicted molar refractivity (Wildman–Crippen MR) is 118 cm³/mol. The van der Waals surface area contributed by atoms with E-state index in [0.717, 1.165) is 33.2 Å². The van der Waals surface area contributed by atoms with Crippen molar-refractivity contribution in [3.8, 4) is 33.2 Å². The summed E-state index contributed by atoms with van der Waals surface area (Å²) in [5.74, 6) is 1.24. The molecule has 150 valence electrons. The molecule has 1 amide bonds. The third-order valence-electron chi connectivity index (χ3n) is 4.46. The quantitative estimate of drug-likeness (QED) is 0.470. The molecule has 0 spiro atoms. The molecule has 1 N–H and O–H groups in total. The third-order valence-corrected chi connectivity index (χ3v) is 5.48. The van der Waals surface area contributed by atoms with Gasteiger partial charge in [0.25, 0.3) is 5.91 Å². The molecule has 0 saturated carbocycles. The summed E-state index contributed by atoms with van der Waals surface area (Å²) in [6, 6.07) is 20.6. The van der Waals surface area contributed by atoms with Gasteiger partial charge in [0.1, 0.15) is 17.2 Å². The topological polar surface area (TPSA) is 73.3 Å². The summed E-state index contributed by atoms with van der Waals surface area (Å²) >= 11 is 1.41. The summed E-state index contributed by atoms with van der Waals surface area (Å²) in [4.78, 5) is 22.3. The van der Waals surface area contributed by atoms with Crippen molar-refractivity contribution < 1.29 is 14.3 Å². The maximum Gasteiger partial charge on any atom is 0.276 e. The van der Waals surface area contributed by atoms with Gasteiger partial charge in [-0.05, 0) is 66.2 Å². The van der Waals surface area contributed by atoms with Crippen molar-refractivity contribution in [2.45, 2.75) is 0 Å².